The van der Waals surface area contributed by atoms with Crippen LogP contribution in [0.25, 0.3) is 0 Å². The first-order chi connectivity index (χ1) is 11.7. The summed E-state index contributed by atoms with van der Waals surface area (Å²) in [5.41, 5.74) is 4.52. The molecule has 0 aliphatic heterocycles. The molecule has 2 aromatic heterocycles. The zero-order chi connectivity index (χ0) is 16.9. The van der Waals surface area contributed by atoms with E-state index in [9.17, 15) is 0 Å². The number of aromatic amines is 1. The monoisotopic (exact) mass is 500 g/mol. The molecule has 0 aliphatic carbocycles. The van der Waals surface area contributed by atoms with E-state index in [1.54, 1.807) is 0 Å². The van der Waals surface area contributed by atoms with Gasteiger partial charge in [-0.3, -0.25) is 9.78 Å². The minimum atomic E-state index is 0.510. The maximum atomic E-state index is 5.98. The summed E-state index contributed by atoms with van der Waals surface area (Å²) in [4.78, 5) is 0. The van der Waals surface area contributed by atoms with Crippen LogP contribution >= 0.6 is 38.5 Å². The van der Waals surface area contributed by atoms with Crippen LogP contribution in [-0.4, -0.2) is 25.3 Å². The van der Waals surface area contributed by atoms with Gasteiger partial charge < -0.3 is 4.74 Å². The zero-order valence-corrected chi connectivity index (χ0v) is 17.0. The van der Waals surface area contributed by atoms with Crippen molar-refractivity contribution in [2.45, 2.75) is 19.4 Å². The SMILES string of the molecule is Cn1cc(Cc2c(OCc3ccccc3)n[nH]c2CCBr)c(I)n1. The molecule has 24 heavy (non-hydrogen) atoms. The van der Waals surface area contributed by atoms with Crippen molar-refractivity contribution >= 4 is 38.5 Å². The summed E-state index contributed by atoms with van der Waals surface area (Å²) in [7, 11) is 1.94. The van der Waals surface area contributed by atoms with Crippen LogP contribution in [0.2, 0.25) is 0 Å². The van der Waals surface area contributed by atoms with Crippen LogP contribution in [0.4, 0.5) is 0 Å². The molecule has 3 rings (SSSR count). The number of hydrogen-bond donors (Lipinski definition) is 1. The van der Waals surface area contributed by atoms with Crippen molar-refractivity contribution in [3.63, 3.8) is 0 Å². The smallest absolute Gasteiger partial charge is 0.236 e. The van der Waals surface area contributed by atoms with E-state index in [0.717, 1.165) is 38.7 Å². The predicted octanol–water partition coefficient (Wildman–Crippen LogP) is 3.86. The highest BCUT2D eigenvalue weighted by molar-refractivity contribution is 14.1. The molecule has 0 radical (unpaired) electrons. The average molecular weight is 501 g/mol. The van der Waals surface area contributed by atoms with E-state index in [1.165, 1.54) is 5.56 Å². The van der Waals surface area contributed by atoms with Gasteiger partial charge in [0.1, 0.15) is 10.3 Å². The fraction of sp³-hybridized carbons (Fsp3) is 0.294. The molecular formula is C17H18BrIN4O. The van der Waals surface area contributed by atoms with Gasteiger partial charge in [-0.1, -0.05) is 46.3 Å². The van der Waals surface area contributed by atoms with Gasteiger partial charge in [-0.05, 0) is 34.6 Å². The summed E-state index contributed by atoms with van der Waals surface area (Å²) in [6.07, 6.45) is 3.69. The Labute approximate surface area is 163 Å². The van der Waals surface area contributed by atoms with E-state index in [4.69, 9.17) is 4.74 Å². The molecule has 0 atom stereocenters. The van der Waals surface area contributed by atoms with Crippen LogP contribution in [0.1, 0.15) is 22.4 Å². The molecule has 0 spiro atoms. The van der Waals surface area contributed by atoms with Gasteiger partial charge in [0.2, 0.25) is 5.88 Å². The Bertz CT molecular complexity index is 800. The third-order valence-corrected chi connectivity index (χ3v) is 5.00. The summed E-state index contributed by atoms with van der Waals surface area (Å²) in [5, 5.41) is 12.8. The molecule has 2 heterocycles. The first kappa shape index (κ1) is 17.5. The molecule has 1 aromatic carbocycles. The van der Waals surface area contributed by atoms with Gasteiger partial charge in [-0.2, -0.15) is 5.10 Å². The second-order valence-electron chi connectivity index (χ2n) is 5.49. The number of halogens is 2. The Balaban J connectivity index is 1.82. The van der Waals surface area contributed by atoms with Gasteiger partial charge in [-0.15, -0.1) is 5.10 Å². The van der Waals surface area contributed by atoms with Crippen molar-refractivity contribution in [3.05, 3.63) is 62.6 Å². The number of rotatable bonds is 7. The summed E-state index contributed by atoms with van der Waals surface area (Å²) < 4.78 is 8.83. The minimum Gasteiger partial charge on any atom is -0.472 e. The standard InChI is InChI=1S/C17H18BrIN4O/c1-23-10-13(16(19)22-23)9-14-15(7-8-18)20-21-17(14)24-11-12-5-3-2-4-6-12/h2-6,10H,7-9,11H2,1H3,(H,20,21). The molecule has 0 amide bonds. The van der Waals surface area contributed by atoms with Crippen LogP contribution in [-0.2, 0) is 26.5 Å². The topological polar surface area (TPSA) is 55.7 Å². The number of benzene rings is 1. The molecule has 0 fully saturated rings. The molecule has 3 aromatic rings. The van der Waals surface area contributed by atoms with Crippen LogP contribution < -0.4 is 4.74 Å². The summed E-state index contributed by atoms with van der Waals surface area (Å²) in [6.45, 7) is 0.510. The van der Waals surface area contributed by atoms with Crippen LogP contribution in [0.15, 0.2) is 36.5 Å². The van der Waals surface area contributed by atoms with Gasteiger partial charge >= 0.3 is 0 Å². The van der Waals surface area contributed by atoms with Gasteiger partial charge in [0, 0.05) is 41.8 Å². The van der Waals surface area contributed by atoms with Crippen molar-refractivity contribution in [2.75, 3.05) is 5.33 Å². The fourth-order valence-corrected chi connectivity index (χ4v) is 3.60. The molecule has 0 unspecified atom stereocenters. The highest BCUT2D eigenvalue weighted by atomic mass is 127. The van der Waals surface area contributed by atoms with Gasteiger partial charge in [0.25, 0.3) is 0 Å². The average Bonchev–Trinajstić information content (AvgIpc) is 3.10. The highest BCUT2D eigenvalue weighted by Crippen LogP contribution is 2.26. The Morgan fingerprint density at radius 2 is 2.08 bits per heavy atom. The quantitative estimate of drug-likeness (QED) is 0.396. The van der Waals surface area contributed by atoms with Crippen LogP contribution in [0.3, 0.4) is 0 Å². The molecule has 0 saturated heterocycles. The summed E-state index contributed by atoms with van der Waals surface area (Å²) in [6, 6.07) is 10.1. The number of ether oxygens (including phenoxy) is 1. The lowest BCUT2D eigenvalue weighted by atomic mass is 10.1. The first-order valence-corrected chi connectivity index (χ1v) is 9.84. The zero-order valence-electron chi connectivity index (χ0n) is 13.3. The van der Waals surface area contributed by atoms with Crippen LogP contribution in [0, 0.1) is 3.70 Å². The minimum absolute atomic E-state index is 0.510. The van der Waals surface area contributed by atoms with Crippen molar-refractivity contribution in [3.8, 4) is 5.88 Å². The summed E-state index contributed by atoms with van der Waals surface area (Å²) in [5.74, 6) is 0.675. The Kier molecular flexibility index (Phi) is 5.94. The number of nitrogens with one attached hydrogen (secondary N) is 1. The fourth-order valence-electron chi connectivity index (χ4n) is 2.53. The molecule has 5 nitrogen and oxygen atoms in total. The number of aryl methyl sites for hydroxylation is 2. The van der Waals surface area contributed by atoms with E-state index in [0.29, 0.717) is 12.5 Å². The number of aromatic nitrogens is 4. The van der Waals surface area contributed by atoms with E-state index in [1.807, 2.05) is 36.1 Å². The maximum absolute atomic E-state index is 5.98. The molecule has 0 aliphatic rings. The van der Waals surface area contributed by atoms with Crippen molar-refractivity contribution < 1.29 is 4.74 Å². The third kappa shape index (κ3) is 4.18. The van der Waals surface area contributed by atoms with Gasteiger partial charge in [0.15, 0.2) is 0 Å². The molecule has 0 bridgehead atoms. The van der Waals surface area contributed by atoms with Crippen LogP contribution in [0.5, 0.6) is 5.88 Å². The van der Waals surface area contributed by atoms with Crippen molar-refractivity contribution in [1.29, 1.82) is 0 Å². The normalized spacial score (nSPS) is 11.0. The Morgan fingerprint density at radius 1 is 1.29 bits per heavy atom. The van der Waals surface area contributed by atoms with E-state index < -0.39 is 0 Å². The predicted molar refractivity (Wildman–Crippen MR) is 106 cm³/mol. The van der Waals surface area contributed by atoms with E-state index in [2.05, 4.69) is 65.9 Å². The second-order valence-corrected chi connectivity index (χ2v) is 7.31. The number of hydrogen-bond acceptors (Lipinski definition) is 3. The number of H-pyrrole nitrogens is 1. The van der Waals surface area contributed by atoms with Gasteiger partial charge in [0.05, 0.1) is 0 Å². The lowest BCUT2D eigenvalue weighted by molar-refractivity contribution is 0.291. The van der Waals surface area contributed by atoms with Crippen molar-refractivity contribution in [2.24, 2.45) is 7.05 Å². The van der Waals surface area contributed by atoms with E-state index >= 15 is 0 Å². The van der Waals surface area contributed by atoms with Gasteiger partial charge in [-0.25, -0.2) is 0 Å². The van der Waals surface area contributed by atoms with Crippen molar-refractivity contribution in [1.82, 2.24) is 20.0 Å². The van der Waals surface area contributed by atoms with E-state index in [-0.39, 0.29) is 0 Å². The molecular weight excluding hydrogens is 483 g/mol. The second kappa shape index (κ2) is 8.15. The molecule has 126 valence electrons. The first-order valence-electron chi connectivity index (χ1n) is 7.64. The molecule has 0 saturated carbocycles. The Morgan fingerprint density at radius 3 is 2.75 bits per heavy atom. The number of nitrogens with zero attached hydrogens (tertiary/aromatic N) is 3. The Hall–Kier alpha value is -1.35. The molecule has 7 heteroatoms. The summed E-state index contributed by atoms with van der Waals surface area (Å²) >= 11 is 5.77. The largest absolute Gasteiger partial charge is 0.472 e. The highest BCUT2D eigenvalue weighted by Gasteiger charge is 2.17. The molecule has 1 N–H and O–H groups in total. The maximum Gasteiger partial charge on any atom is 0.236 e. The third-order valence-electron chi connectivity index (χ3n) is 3.70. The number of alkyl halides is 1. The lowest BCUT2D eigenvalue weighted by Gasteiger charge is -2.07. The lowest BCUT2D eigenvalue weighted by Crippen LogP contribution is -2.00.